The Balaban J connectivity index is 1.77. The molecule has 10 heteroatoms. The van der Waals surface area contributed by atoms with E-state index in [1.165, 1.54) is 6.92 Å². The van der Waals surface area contributed by atoms with Crippen molar-refractivity contribution in [2.45, 2.75) is 98.6 Å². The first-order chi connectivity index (χ1) is 15.5. The molecule has 196 valence electrons. The Hall–Kier alpha value is -1.39. The molecule has 2 bridgehead atoms. The van der Waals surface area contributed by atoms with Crippen LogP contribution in [0.2, 0.25) is 0 Å². The van der Waals surface area contributed by atoms with E-state index in [2.05, 4.69) is 26.1 Å². The van der Waals surface area contributed by atoms with Gasteiger partial charge >= 0.3 is 18.1 Å². The van der Waals surface area contributed by atoms with Crippen molar-refractivity contribution in [1.29, 1.82) is 0 Å². The molecule has 3 aliphatic rings. The summed E-state index contributed by atoms with van der Waals surface area (Å²) in [5.74, 6) is -2.94. The largest absolute Gasteiger partial charge is 0.458 e. The molecule has 1 heterocycles. The van der Waals surface area contributed by atoms with E-state index in [1.54, 1.807) is 0 Å². The van der Waals surface area contributed by atoms with Crippen LogP contribution in [0.5, 0.6) is 0 Å². The zero-order chi connectivity index (χ0) is 25.9. The van der Waals surface area contributed by atoms with Crippen molar-refractivity contribution in [3.63, 3.8) is 0 Å². The van der Waals surface area contributed by atoms with E-state index in [0.717, 1.165) is 0 Å². The Labute approximate surface area is 199 Å². The highest BCUT2D eigenvalue weighted by Gasteiger charge is 2.75. The third-order valence-electron chi connectivity index (χ3n) is 7.92. The number of aliphatic hydroxyl groups excluding tert-OH is 1. The van der Waals surface area contributed by atoms with Crippen molar-refractivity contribution in [2.75, 3.05) is 6.54 Å². The minimum atomic E-state index is -4.81. The van der Waals surface area contributed by atoms with Gasteiger partial charge in [-0.3, -0.25) is 14.9 Å². The first-order valence-corrected chi connectivity index (χ1v) is 12.0. The number of hydrogen-bond donors (Lipinski definition) is 2. The quantitative estimate of drug-likeness (QED) is 0.287. The van der Waals surface area contributed by atoms with E-state index >= 15 is 0 Å². The number of ether oxygens (including phenoxy) is 3. The Morgan fingerprint density at radius 1 is 1.26 bits per heavy atom. The average Bonchev–Trinajstić information content (AvgIpc) is 3.27. The Morgan fingerprint density at radius 2 is 1.88 bits per heavy atom. The summed E-state index contributed by atoms with van der Waals surface area (Å²) in [6, 6.07) is 0. The first kappa shape index (κ1) is 27.2. The maximum Gasteiger partial charge on any atom is 0.439 e. The van der Waals surface area contributed by atoms with Gasteiger partial charge in [0.05, 0.1) is 0 Å². The van der Waals surface area contributed by atoms with Crippen LogP contribution in [0.15, 0.2) is 0 Å². The minimum Gasteiger partial charge on any atom is -0.458 e. The number of esters is 2. The third kappa shape index (κ3) is 4.57. The maximum atomic E-state index is 13.3. The number of fused-ring (bicyclic) bond motifs is 1. The summed E-state index contributed by atoms with van der Waals surface area (Å²) in [6.45, 7) is 13.6. The van der Waals surface area contributed by atoms with Crippen molar-refractivity contribution in [3.05, 3.63) is 0 Å². The summed E-state index contributed by atoms with van der Waals surface area (Å²) in [5.41, 5.74) is -2.41. The molecule has 34 heavy (non-hydrogen) atoms. The van der Waals surface area contributed by atoms with E-state index in [9.17, 15) is 27.9 Å². The van der Waals surface area contributed by atoms with Crippen molar-refractivity contribution in [3.8, 4) is 0 Å². The van der Waals surface area contributed by atoms with Gasteiger partial charge in [0.2, 0.25) is 6.23 Å². The van der Waals surface area contributed by atoms with Gasteiger partial charge in [-0.25, -0.2) is 0 Å². The van der Waals surface area contributed by atoms with Crippen molar-refractivity contribution in [2.24, 2.45) is 34.0 Å². The van der Waals surface area contributed by atoms with Crippen LogP contribution < -0.4 is 5.32 Å². The molecule has 0 spiro atoms. The number of aliphatic hydroxyl groups is 1. The van der Waals surface area contributed by atoms with E-state index < -0.39 is 59.6 Å². The number of carbonyl (C=O) groups is 2. The van der Waals surface area contributed by atoms with Crippen LogP contribution in [0.1, 0.15) is 67.7 Å². The van der Waals surface area contributed by atoms with Gasteiger partial charge in [0.15, 0.2) is 11.7 Å². The molecular weight excluding hydrogens is 455 g/mol. The summed E-state index contributed by atoms with van der Waals surface area (Å²) in [4.78, 5) is 25.8. The van der Waals surface area contributed by atoms with Crippen LogP contribution in [-0.2, 0) is 23.8 Å². The van der Waals surface area contributed by atoms with Crippen LogP contribution in [0, 0.1) is 34.0 Å². The molecule has 2 N–H and O–H groups in total. The van der Waals surface area contributed by atoms with Gasteiger partial charge in [0, 0.05) is 11.3 Å². The molecule has 0 aromatic rings. The minimum absolute atomic E-state index is 0.0163. The molecule has 0 amide bonds. The summed E-state index contributed by atoms with van der Waals surface area (Å²) in [6.07, 6.45) is -8.82. The van der Waals surface area contributed by atoms with Crippen LogP contribution in [0.4, 0.5) is 13.2 Å². The molecule has 8 atom stereocenters. The monoisotopic (exact) mass is 493 g/mol. The van der Waals surface area contributed by atoms with Gasteiger partial charge < -0.3 is 19.3 Å². The summed E-state index contributed by atoms with van der Waals surface area (Å²) < 4.78 is 56.2. The highest BCUT2D eigenvalue weighted by atomic mass is 19.4. The van der Waals surface area contributed by atoms with E-state index in [-0.39, 0.29) is 30.2 Å². The van der Waals surface area contributed by atoms with Crippen molar-refractivity contribution < 1.29 is 42.1 Å². The Bertz CT molecular complexity index is 797. The average molecular weight is 494 g/mol. The Kier molecular flexibility index (Phi) is 7.14. The van der Waals surface area contributed by atoms with Crippen molar-refractivity contribution >= 4 is 11.9 Å². The molecule has 1 aliphatic heterocycles. The molecule has 3 fully saturated rings. The van der Waals surface area contributed by atoms with Crippen molar-refractivity contribution in [1.82, 2.24) is 5.32 Å². The van der Waals surface area contributed by atoms with Crippen LogP contribution in [-0.4, -0.2) is 54.5 Å². The summed E-state index contributed by atoms with van der Waals surface area (Å²) in [7, 11) is 0. The molecular formula is C24H38F3NO6. The van der Waals surface area contributed by atoms with Gasteiger partial charge in [-0.1, -0.05) is 48.5 Å². The van der Waals surface area contributed by atoms with Crippen LogP contribution >= 0.6 is 0 Å². The van der Waals surface area contributed by atoms with Gasteiger partial charge in [-0.15, -0.1) is 0 Å². The Morgan fingerprint density at radius 3 is 2.38 bits per heavy atom. The fourth-order valence-corrected chi connectivity index (χ4v) is 6.10. The number of carbonyl (C=O) groups excluding carboxylic acids is 2. The summed E-state index contributed by atoms with van der Waals surface area (Å²) in [5, 5.41) is 13.2. The fraction of sp³-hybridized carbons (Fsp3) is 0.917. The van der Waals surface area contributed by atoms with Gasteiger partial charge in [0.25, 0.3) is 0 Å². The second-order valence-electron chi connectivity index (χ2n) is 11.9. The summed E-state index contributed by atoms with van der Waals surface area (Å²) >= 11 is 0. The smallest absolute Gasteiger partial charge is 0.439 e. The van der Waals surface area contributed by atoms with Gasteiger partial charge in [0.1, 0.15) is 12.2 Å². The maximum absolute atomic E-state index is 13.3. The topological polar surface area (TPSA) is 94.1 Å². The normalized spacial score (nSPS) is 34.2. The molecule has 7 nitrogen and oxygen atoms in total. The lowest BCUT2D eigenvalue weighted by Crippen LogP contribution is -2.52. The zero-order valence-corrected chi connectivity index (χ0v) is 21.0. The molecule has 8 unspecified atom stereocenters. The zero-order valence-electron chi connectivity index (χ0n) is 21.0. The lowest BCUT2D eigenvalue weighted by molar-refractivity contribution is -0.241. The van der Waals surface area contributed by atoms with E-state index in [1.807, 2.05) is 20.8 Å². The number of nitrogens with one attached hydrogen (secondary N) is 1. The predicted molar refractivity (Wildman–Crippen MR) is 116 cm³/mol. The third-order valence-corrected chi connectivity index (χ3v) is 7.92. The highest BCUT2D eigenvalue weighted by molar-refractivity contribution is 6.03. The first-order valence-electron chi connectivity index (χ1n) is 12.0. The molecule has 0 radical (unpaired) electrons. The molecule has 1 saturated heterocycles. The number of rotatable bonds is 9. The van der Waals surface area contributed by atoms with Crippen LogP contribution in [0.25, 0.3) is 0 Å². The van der Waals surface area contributed by atoms with E-state index in [0.29, 0.717) is 12.8 Å². The second kappa shape index (κ2) is 8.92. The molecule has 0 aromatic heterocycles. The molecule has 2 aliphatic carbocycles. The number of halogens is 3. The lowest BCUT2D eigenvalue weighted by Gasteiger charge is -2.44. The molecule has 3 rings (SSSR count). The number of alkyl halides is 3. The SMILES string of the molecule is CCNC(OC(=O)C12CC3CC1C(OC2=O)C3OC(O)C(C)(CC(C)(C)C)C(C)C)C(F)(F)F. The van der Waals surface area contributed by atoms with E-state index in [4.69, 9.17) is 14.2 Å². The van der Waals surface area contributed by atoms with Crippen LogP contribution in [0.3, 0.4) is 0 Å². The van der Waals surface area contributed by atoms with Gasteiger partial charge in [-0.2, -0.15) is 13.2 Å². The van der Waals surface area contributed by atoms with Gasteiger partial charge in [-0.05, 0) is 43.1 Å². The molecule has 2 saturated carbocycles. The lowest BCUT2D eigenvalue weighted by atomic mass is 9.68. The second-order valence-corrected chi connectivity index (χ2v) is 11.9. The predicted octanol–water partition coefficient (Wildman–Crippen LogP) is 3.78. The standard InChI is InChI=1S/C24H38F3NO6/c1-8-28-17(24(25,26)27)34-20(31)23-10-13-9-14(23)16(33-19(23)30)15(13)32-18(29)22(7,12(2)3)11-21(4,5)6/h12-18,28-29H,8-11H2,1-7H3. The number of hydrogen-bond acceptors (Lipinski definition) is 7. The fourth-order valence-electron chi connectivity index (χ4n) is 6.10. The molecule has 0 aromatic carbocycles. The highest BCUT2D eigenvalue weighted by Crippen LogP contribution is 2.63.